The van der Waals surface area contributed by atoms with E-state index < -0.39 is 29.4 Å². The monoisotopic (exact) mass is 675 g/mol. The van der Waals surface area contributed by atoms with Gasteiger partial charge in [-0.05, 0) is 95.4 Å². The molecule has 40 heavy (non-hydrogen) atoms. The van der Waals surface area contributed by atoms with E-state index in [1.54, 1.807) is 24.3 Å². The molecular formula is C28H23FIN3O6S. The third-order valence-electron chi connectivity index (χ3n) is 5.52. The third kappa shape index (κ3) is 7.39. The van der Waals surface area contributed by atoms with E-state index in [2.05, 4.69) is 10.6 Å². The largest absolute Gasteiger partial charge is 0.493 e. The van der Waals surface area contributed by atoms with Crippen molar-refractivity contribution in [1.82, 2.24) is 4.90 Å². The van der Waals surface area contributed by atoms with Gasteiger partial charge in [-0.2, -0.15) is 0 Å². The van der Waals surface area contributed by atoms with Crippen molar-refractivity contribution in [2.45, 2.75) is 6.92 Å². The summed E-state index contributed by atoms with van der Waals surface area (Å²) >= 11 is 2.72. The summed E-state index contributed by atoms with van der Waals surface area (Å²) in [5.74, 6) is -1.47. The molecule has 1 saturated heterocycles. The molecule has 4 rings (SSSR count). The van der Waals surface area contributed by atoms with Gasteiger partial charge in [0, 0.05) is 11.4 Å². The smallest absolute Gasteiger partial charge is 0.294 e. The Balaban J connectivity index is 1.42. The van der Waals surface area contributed by atoms with Crippen molar-refractivity contribution in [1.29, 1.82) is 0 Å². The van der Waals surface area contributed by atoms with Crippen molar-refractivity contribution in [2.24, 2.45) is 0 Å². The maximum atomic E-state index is 13.4. The second-order valence-electron chi connectivity index (χ2n) is 8.56. The number of halogens is 2. The van der Waals surface area contributed by atoms with Crippen LogP contribution in [0.25, 0.3) is 6.08 Å². The van der Waals surface area contributed by atoms with Crippen LogP contribution in [0.3, 0.4) is 0 Å². The molecule has 9 nitrogen and oxygen atoms in total. The molecule has 0 atom stereocenters. The number of thioether (sulfide) groups is 1. The SMILES string of the molecule is COc1cc(/C=C2/SC(=O)N(CC(=O)Nc3cccc(F)c3)C2=O)cc(I)c1OCC(=O)Nc1ccc(C)cc1. The number of benzene rings is 3. The number of amides is 4. The van der Waals surface area contributed by atoms with Crippen LogP contribution in [0.2, 0.25) is 0 Å². The van der Waals surface area contributed by atoms with E-state index in [0.717, 1.165) is 16.5 Å². The standard InChI is InChI=1S/C28H23FIN3O6S/c1-16-6-8-19(9-7-16)31-25(35)15-39-26-21(30)10-17(11-22(26)38-2)12-23-27(36)33(28(37)40-23)14-24(34)32-20-5-3-4-18(29)13-20/h3-13H,14-15H2,1-2H3,(H,31,35)(H,32,34)/b23-12+. The van der Waals surface area contributed by atoms with E-state index in [1.165, 1.54) is 31.4 Å². The van der Waals surface area contributed by atoms with E-state index in [0.29, 0.717) is 38.1 Å². The minimum Gasteiger partial charge on any atom is -0.493 e. The number of aryl methyl sites for hydroxylation is 1. The van der Waals surface area contributed by atoms with Gasteiger partial charge in [-0.15, -0.1) is 0 Å². The lowest BCUT2D eigenvalue weighted by molar-refractivity contribution is -0.127. The Morgan fingerprint density at radius 3 is 2.45 bits per heavy atom. The first-order chi connectivity index (χ1) is 19.1. The van der Waals surface area contributed by atoms with Crippen LogP contribution in [0.1, 0.15) is 11.1 Å². The normalized spacial score (nSPS) is 13.9. The predicted octanol–water partition coefficient (Wildman–Crippen LogP) is 5.44. The van der Waals surface area contributed by atoms with Crippen LogP contribution in [0.4, 0.5) is 20.6 Å². The molecule has 12 heteroatoms. The zero-order valence-electron chi connectivity index (χ0n) is 21.3. The second kappa shape index (κ2) is 13.0. The number of nitrogens with one attached hydrogen (secondary N) is 2. The number of anilines is 2. The van der Waals surface area contributed by atoms with Gasteiger partial charge in [-0.3, -0.25) is 24.1 Å². The molecule has 1 heterocycles. The molecule has 0 saturated carbocycles. The summed E-state index contributed by atoms with van der Waals surface area (Å²) in [6, 6.07) is 16.0. The average molecular weight is 675 g/mol. The molecule has 206 valence electrons. The van der Waals surface area contributed by atoms with Crippen LogP contribution in [0.5, 0.6) is 11.5 Å². The summed E-state index contributed by atoms with van der Waals surface area (Å²) in [5.41, 5.74) is 2.48. The Kier molecular flexibility index (Phi) is 9.42. The van der Waals surface area contributed by atoms with Crippen molar-refractivity contribution >= 4 is 74.8 Å². The topological polar surface area (TPSA) is 114 Å². The second-order valence-corrected chi connectivity index (χ2v) is 10.7. The van der Waals surface area contributed by atoms with Crippen molar-refractivity contribution in [3.63, 3.8) is 0 Å². The minimum atomic E-state index is -0.640. The van der Waals surface area contributed by atoms with Gasteiger partial charge in [0.1, 0.15) is 12.4 Å². The van der Waals surface area contributed by atoms with Crippen molar-refractivity contribution in [3.05, 3.63) is 86.1 Å². The summed E-state index contributed by atoms with van der Waals surface area (Å²) in [6.07, 6.45) is 1.51. The zero-order valence-corrected chi connectivity index (χ0v) is 24.3. The molecule has 4 amide bonds. The van der Waals surface area contributed by atoms with E-state index in [4.69, 9.17) is 9.47 Å². The zero-order chi connectivity index (χ0) is 28.8. The van der Waals surface area contributed by atoms with Gasteiger partial charge in [-0.25, -0.2) is 4.39 Å². The van der Waals surface area contributed by atoms with Crippen LogP contribution < -0.4 is 20.1 Å². The van der Waals surface area contributed by atoms with Gasteiger partial charge < -0.3 is 20.1 Å². The number of carbonyl (C=O) groups is 4. The van der Waals surface area contributed by atoms with E-state index in [-0.39, 0.29) is 23.1 Å². The Morgan fingerprint density at radius 2 is 1.75 bits per heavy atom. The van der Waals surface area contributed by atoms with Gasteiger partial charge >= 0.3 is 0 Å². The molecule has 2 N–H and O–H groups in total. The fourth-order valence-corrected chi connectivity index (χ4v) is 5.25. The molecule has 0 radical (unpaired) electrons. The van der Waals surface area contributed by atoms with Crippen LogP contribution in [-0.2, 0) is 14.4 Å². The summed E-state index contributed by atoms with van der Waals surface area (Å²) in [5, 5.41) is 4.62. The number of hydrogen-bond acceptors (Lipinski definition) is 7. The highest BCUT2D eigenvalue weighted by Gasteiger charge is 2.36. The number of methoxy groups -OCH3 is 1. The number of rotatable bonds is 9. The Bertz CT molecular complexity index is 1510. The number of carbonyl (C=O) groups excluding carboxylic acids is 4. The fraction of sp³-hybridized carbons (Fsp3) is 0.143. The van der Waals surface area contributed by atoms with E-state index in [1.807, 2.05) is 41.6 Å². The molecule has 0 unspecified atom stereocenters. The average Bonchev–Trinajstić information content (AvgIpc) is 3.16. The van der Waals surface area contributed by atoms with Crippen molar-refractivity contribution in [2.75, 3.05) is 30.9 Å². The third-order valence-corrected chi connectivity index (χ3v) is 7.22. The van der Waals surface area contributed by atoms with Gasteiger partial charge in [0.2, 0.25) is 5.91 Å². The molecule has 1 aliphatic heterocycles. The van der Waals surface area contributed by atoms with E-state index >= 15 is 0 Å². The molecule has 3 aromatic rings. The maximum absolute atomic E-state index is 13.4. The lowest BCUT2D eigenvalue weighted by atomic mass is 10.2. The summed E-state index contributed by atoms with van der Waals surface area (Å²) < 4.78 is 25.1. The Hall–Kier alpha value is -3.91. The summed E-state index contributed by atoms with van der Waals surface area (Å²) in [6.45, 7) is 1.18. The first-order valence-electron chi connectivity index (χ1n) is 11.8. The van der Waals surface area contributed by atoms with E-state index in [9.17, 15) is 23.6 Å². The number of imide groups is 1. The first kappa shape index (κ1) is 29.1. The van der Waals surface area contributed by atoms with Crippen molar-refractivity contribution < 1.29 is 33.0 Å². The molecule has 0 aromatic heterocycles. The highest BCUT2D eigenvalue weighted by Crippen LogP contribution is 2.37. The van der Waals surface area contributed by atoms with Gasteiger partial charge in [0.25, 0.3) is 17.1 Å². The molecule has 0 aliphatic carbocycles. The Morgan fingerprint density at radius 1 is 1.02 bits per heavy atom. The highest BCUT2D eigenvalue weighted by atomic mass is 127. The predicted molar refractivity (Wildman–Crippen MR) is 159 cm³/mol. The van der Waals surface area contributed by atoms with Gasteiger partial charge in [-0.1, -0.05) is 23.8 Å². The van der Waals surface area contributed by atoms with Crippen molar-refractivity contribution in [3.8, 4) is 11.5 Å². The first-order valence-corrected chi connectivity index (χ1v) is 13.7. The maximum Gasteiger partial charge on any atom is 0.294 e. The highest BCUT2D eigenvalue weighted by molar-refractivity contribution is 14.1. The fourth-order valence-electron chi connectivity index (χ4n) is 3.63. The molecule has 0 spiro atoms. The molecule has 3 aromatic carbocycles. The number of ether oxygens (including phenoxy) is 2. The van der Waals surface area contributed by atoms with Crippen LogP contribution >= 0.6 is 34.4 Å². The lowest BCUT2D eigenvalue weighted by Crippen LogP contribution is -2.36. The quantitative estimate of drug-likeness (QED) is 0.230. The number of nitrogens with zero attached hydrogens (tertiary/aromatic N) is 1. The summed E-state index contributed by atoms with van der Waals surface area (Å²) in [7, 11) is 1.44. The van der Waals surface area contributed by atoms with Crippen LogP contribution in [-0.4, -0.2) is 48.1 Å². The molecule has 1 aliphatic rings. The lowest BCUT2D eigenvalue weighted by Gasteiger charge is -2.14. The molecular weight excluding hydrogens is 652 g/mol. The Labute approximate surface area is 247 Å². The van der Waals surface area contributed by atoms with Crippen LogP contribution in [0, 0.1) is 16.3 Å². The van der Waals surface area contributed by atoms with Gasteiger partial charge in [0.15, 0.2) is 18.1 Å². The van der Waals surface area contributed by atoms with Crippen LogP contribution in [0.15, 0.2) is 65.6 Å². The number of hydrogen-bond donors (Lipinski definition) is 2. The molecule has 0 bridgehead atoms. The summed E-state index contributed by atoms with van der Waals surface area (Å²) in [4.78, 5) is 51.0. The van der Waals surface area contributed by atoms with Gasteiger partial charge in [0.05, 0.1) is 15.6 Å². The minimum absolute atomic E-state index is 0.118. The molecule has 1 fully saturated rings.